The van der Waals surface area contributed by atoms with Crippen molar-refractivity contribution in [2.75, 3.05) is 6.61 Å². The van der Waals surface area contributed by atoms with E-state index in [-0.39, 0.29) is 17.9 Å². The molecule has 0 aliphatic heterocycles. The minimum atomic E-state index is -1.38. The number of rotatable bonds is 18. The van der Waals surface area contributed by atoms with E-state index in [1.807, 2.05) is 13.0 Å². The Labute approximate surface area is 215 Å². The van der Waals surface area contributed by atoms with E-state index in [0.29, 0.717) is 11.8 Å². The summed E-state index contributed by atoms with van der Waals surface area (Å²) in [6.45, 7) is 13.9. The first kappa shape index (κ1) is 33.4. The fourth-order valence-electron chi connectivity index (χ4n) is 4.58. The topological polar surface area (TPSA) is 138 Å². The smallest absolute Gasteiger partial charge is 0.331 e. The van der Waals surface area contributed by atoms with Crippen molar-refractivity contribution in [2.24, 2.45) is 35.5 Å². The third-order valence-corrected chi connectivity index (χ3v) is 6.43. The lowest BCUT2D eigenvalue weighted by molar-refractivity contribution is -0.157. The largest absolute Gasteiger partial charge is 0.481 e. The molecule has 0 aromatic carbocycles. The lowest BCUT2D eigenvalue weighted by atomic mass is 9.84. The van der Waals surface area contributed by atoms with Gasteiger partial charge in [0, 0.05) is 5.57 Å². The third-order valence-electron chi connectivity index (χ3n) is 6.43. The summed E-state index contributed by atoms with van der Waals surface area (Å²) in [7, 11) is 0. The van der Waals surface area contributed by atoms with Crippen LogP contribution in [0.2, 0.25) is 0 Å². The predicted molar refractivity (Wildman–Crippen MR) is 138 cm³/mol. The van der Waals surface area contributed by atoms with E-state index in [9.17, 15) is 24.3 Å². The van der Waals surface area contributed by atoms with Crippen molar-refractivity contribution >= 4 is 23.9 Å². The molecular weight excluding hydrogens is 464 g/mol. The average molecular weight is 511 g/mol. The van der Waals surface area contributed by atoms with Gasteiger partial charge in [0.2, 0.25) is 0 Å². The molecule has 36 heavy (non-hydrogen) atoms. The maximum absolute atomic E-state index is 12.3. The molecule has 0 spiro atoms. The minimum absolute atomic E-state index is 0.0518. The van der Waals surface area contributed by atoms with Crippen LogP contribution in [0.1, 0.15) is 87.0 Å². The van der Waals surface area contributed by atoms with Crippen LogP contribution in [0.3, 0.4) is 0 Å². The molecule has 6 unspecified atom stereocenters. The summed E-state index contributed by atoms with van der Waals surface area (Å²) < 4.78 is 4.97. The number of hydrogen-bond acceptors (Lipinski definition) is 5. The molecule has 0 radical (unpaired) electrons. The standard InChI is InChI=1S/C28H46O8/c1-8-17(2)9-18(3)10-19(4)11-20(5)12-21(6)13-23(26(31)32)14-22(7)28(35)36-16-24(27(33)34)15-25(29)30/h12-13,17-20,22,24H,8-11,14-16H2,1-7H3,(H,29,30)(H,31,32)(H,33,34). The summed E-state index contributed by atoms with van der Waals surface area (Å²) in [6, 6.07) is 0. The second-order valence-corrected chi connectivity index (χ2v) is 10.7. The Balaban J connectivity index is 5.04. The summed E-state index contributed by atoms with van der Waals surface area (Å²) in [6.07, 6.45) is 7.43. The predicted octanol–water partition coefficient (Wildman–Crippen LogP) is 5.81. The molecule has 0 aliphatic carbocycles. The normalized spacial score (nSPS) is 17.4. The van der Waals surface area contributed by atoms with Gasteiger partial charge in [-0.2, -0.15) is 0 Å². The van der Waals surface area contributed by atoms with E-state index in [2.05, 4.69) is 34.6 Å². The van der Waals surface area contributed by atoms with Crippen LogP contribution in [-0.4, -0.2) is 45.8 Å². The van der Waals surface area contributed by atoms with Gasteiger partial charge in [-0.15, -0.1) is 0 Å². The number of carboxylic acid groups (broad SMARTS) is 3. The monoisotopic (exact) mass is 510 g/mol. The fourth-order valence-corrected chi connectivity index (χ4v) is 4.58. The van der Waals surface area contributed by atoms with Crippen LogP contribution in [0.15, 0.2) is 23.3 Å². The van der Waals surface area contributed by atoms with Crippen LogP contribution in [0.5, 0.6) is 0 Å². The summed E-state index contributed by atoms with van der Waals surface area (Å²) in [4.78, 5) is 45.9. The number of carbonyl (C=O) groups is 4. The van der Waals surface area contributed by atoms with Gasteiger partial charge in [-0.3, -0.25) is 14.4 Å². The zero-order valence-electron chi connectivity index (χ0n) is 23.0. The maximum Gasteiger partial charge on any atom is 0.331 e. The second-order valence-electron chi connectivity index (χ2n) is 10.7. The number of aliphatic carboxylic acids is 3. The summed E-state index contributed by atoms with van der Waals surface area (Å²) in [5, 5.41) is 27.5. The number of ether oxygens (including phenoxy) is 1. The van der Waals surface area contributed by atoms with Crippen LogP contribution in [0.25, 0.3) is 0 Å². The average Bonchev–Trinajstić information content (AvgIpc) is 2.74. The van der Waals surface area contributed by atoms with Gasteiger partial charge in [0.05, 0.1) is 12.3 Å². The summed E-state index contributed by atoms with van der Waals surface area (Å²) in [5.74, 6) is -4.57. The molecule has 8 nitrogen and oxygen atoms in total. The van der Waals surface area contributed by atoms with Crippen LogP contribution in [-0.2, 0) is 23.9 Å². The van der Waals surface area contributed by atoms with Gasteiger partial charge in [-0.25, -0.2) is 4.79 Å². The molecule has 0 saturated heterocycles. The Morgan fingerprint density at radius 3 is 1.89 bits per heavy atom. The lowest BCUT2D eigenvalue weighted by Gasteiger charge is -2.21. The van der Waals surface area contributed by atoms with Gasteiger partial charge in [0.1, 0.15) is 12.5 Å². The highest BCUT2D eigenvalue weighted by Crippen LogP contribution is 2.26. The Morgan fingerprint density at radius 1 is 0.833 bits per heavy atom. The Hall–Kier alpha value is -2.64. The summed E-state index contributed by atoms with van der Waals surface area (Å²) >= 11 is 0. The van der Waals surface area contributed by atoms with E-state index >= 15 is 0 Å². The molecule has 0 fully saturated rings. The van der Waals surface area contributed by atoms with Crippen molar-refractivity contribution in [3.8, 4) is 0 Å². The first-order valence-electron chi connectivity index (χ1n) is 12.9. The highest BCUT2D eigenvalue weighted by molar-refractivity contribution is 5.88. The number of carboxylic acids is 3. The number of esters is 1. The molecule has 6 atom stereocenters. The van der Waals surface area contributed by atoms with Crippen molar-refractivity contribution < 1.29 is 39.2 Å². The molecule has 0 aromatic rings. The maximum atomic E-state index is 12.3. The lowest BCUT2D eigenvalue weighted by Crippen LogP contribution is -2.26. The van der Waals surface area contributed by atoms with E-state index < -0.39 is 48.7 Å². The van der Waals surface area contributed by atoms with Gasteiger partial charge in [-0.05, 0) is 62.4 Å². The first-order valence-corrected chi connectivity index (χ1v) is 12.9. The van der Waals surface area contributed by atoms with Gasteiger partial charge < -0.3 is 20.1 Å². The molecule has 0 rings (SSSR count). The van der Waals surface area contributed by atoms with Gasteiger partial charge in [-0.1, -0.05) is 59.6 Å². The first-order chi connectivity index (χ1) is 16.7. The number of hydrogen-bond donors (Lipinski definition) is 3. The van der Waals surface area contributed by atoms with Gasteiger partial charge in [0.25, 0.3) is 0 Å². The zero-order chi connectivity index (χ0) is 28.0. The molecule has 0 aliphatic rings. The van der Waals surface area contributed by atoms with E-state index in [1.54, 1.807) is 6.08 Å². The highest BCUT2D eigenvalue weighted by atomic mass is 16.5. The molecule has 206 valence electrons. The molecule has 0 amide bonds. The SMILES string of the molecule is CCC(C)CC(C)CC(C)CC(C)C=C(C)C=C(CC(C)C(=O)OCC(CC(=O)O)C(=O)O)C(=O)O. The Morgan fingerprint density at radius 2 is 1.39 bits per heavy atom. The molecule has 3 N–H and O–H groups in total. The van der Waals surface area contributed by atoms with Crippen molar-refractivity contribution in [1.29, 1.82) is 0 Å². The third kappa shape index (κ3) is 14.7. The quantitative estimate of drug-likeness (QED) is 0.119. The number of carbonyl (C=O) groups excluding carboxylic acids is 1. The van der Waals surface area contributed by atoms with Crippen LogP contribution in [0, 0.1) is 35.5 Å². The molecule has 0 saturated carbocycles. The van der Waals surface area contributed by atoms with E-state index in [0.717, 1.165) is 24.3 Å². The molecule has 8 heteroatoms. The molecule has 0 bridgehead atoms. The van der Waals surface area contributed by atoms with Gasteiger partial charge >= 0.3 is 23.9 Å². The second kappa shape index (κ2) is 16.9. The van der Waals surface area contributed by atoms with Crippen molar-refractivity contribution in [1.82, 2.24) is 0 Å². The molecule has 0 heterocycles. The van der Waals surface area contributed by atoms with Crippen molar-refractivity contribution in [3.05, 3.63) is 23.3 Å². The Bertz CT molecular complexity index is 797. The summed E-state index contributed by atoms with van der Waals surface area (Å²) in [5.41, 5.74) is 0.851. The van der Waals surface area contributed by atoms with Crippen LogP contribution in [0.4, 0.5) is 0 Å². The fraction of sp³-hybridized carbons (Fsp3) is 0.714. The van der Waals surface area contributed by atoms with Crippen LogP contribution < -0.4 is 0 Å². The highest BCUT2D eigenvalue weighted by Gasteiger charge is 2.25. The molecule has 0 aromatic heterocycles. The van der Waals surface area contributed by atoms with Crippen molar-refractivity contribution in [2.45, 2.75) is 87.0 Å². The molecular formula is C28H46O8. The van der Waals surface area contributed by atoms with Crippen molar-refractivity contribution in [3.63, 3.8) is 0 Å². The van der Waals surface area contributed by atoms with E-state index in [1.165, 1.54) is 19.8 Å². The van der Waals surface area contributed by atoms with Crippen LogP contribution >= 0.6 is 0 Å². The zero-order valence-corrected chi connectivity index (χ0v) is 23.0. The van der Waals surface area contributed by atoms with E-state index in [4.69, 9.17) is 14.9 Å². The Kier molecular flexibility index (Phi) is 15.7. The number of allylic oxidation sites excluding steroid dienone is 3. The minimum Gasteiger partial charge on any atom is -0.481 e. The van der Waals surface area contributed by atoms with Gasteiger partial charge in [0.15, 0.2) is 0 Å².